The van der Waals surface area contributed by atoms with E-state index in [4.69, 9.17) is 67.5 Å². The summed E-state index contributed by atoms with van der Waals surface area (Å²) in [5.74, 6) is 4.56. The van der Waals surface area contributed by atoms with Crippen LogP contribution in [-0.4, -0.2) is 35.6 Å². The molecule has 0 heterocycles. The predicted octanol–water partition coefficient (Wildman–Crippen LogP) is 4.29. The van der Waals surface area contributed by atoms with E-state index in [1.54, 1.807) is 0 Å². The average Bonchev–Trinajstić information content (AvgIpc) is 2.70. The predicted molar refractivity (Wildman–Crippen MR) is 83.9 cm³/mol. The maximum absolute atomic E-state index is 6.79. The highest BCUT2D eigenvalue weighted by atomic mass is 35.5. The lowest BCUT2D eigenvalue weighted by Gasteiger charge is -2.41. The summed E-state index contributed by atoms with van der Waals surface area (Å²) in [6.07, 6.45) is 0.950. The van der Waals surface area contributed by atoms with E-state index in [1.165, 1.54) is 14.2 Å². The summed E-state index contributed by atoms with van der Waals surface area (Å²) < 4.78 is 11.1. The van der Waals surface area contributed by atoms with Crippen molar-refractivity contribution in [2.75, 3.05) is 20.1 Å². The number of hydrogen-bond acceptors (Lipinski definition) is 2. The van der Waals surface area contributed by atoms with Crippen LogP contribution in [0, 0.1) is 17.8 Å². The van der Waals surface area contributed by atoms with Gasteiger partial charge in [-0.15, -0.1) is 40.7 Å². The van der Waals surface area contributed by atoms with Gasteiger partial charge in [0.15, 0.2) is 0 Å². The van der Waals surface area contributed by atoms with E-state index in [2.05, 4.69) is 11.8 Å². The Hall–Kier alpha value is 0.670. The molecule has 2 aliphatic carbocycles. The lowest BCUT2D eigenvalue weighted by molar-refractivity contribution is -0.218. The Balaban J connectivity index is 2.51. The highest BCUT2D eigenvalue weighted by Gasteiger charge is 2.80. The van der Waals surface area contributed by atoms with Gasteiger partial charge in [-0.25, -0.2) is 0 Å². The largest absolute Gasteiger partial charge is 0.350 e. The summed E-state index contributed by atoms with van der Waals surface area (Å²) in [6, 6.07) is 0. The van der Waals surface area contributed by atoms with E-state index in [0.29, 0.717) is 12.8 Å². The van der Waals surface area contributed by atoms with Gasteiger partial charge in [0, 0.05) is 26.6 Å². The molecule has 2 bridgehead atoms. The number of rotatable bonds is 3. The summed E-state index contributed by atoms with van der Waals surface area (Å²) in [5, 5.41) is 0.546. The molecular weight excluding hydrogens is 365 g/mol. The van der Waals surface area contributed by atoms with E-state index >= 15 is 0 Å². The monoisotopic (exact) mass is 376 g/mol. The third-order valence-electron chi connectivity index (χ3n) is 4.07. The molecular formula is C13H13Cl5O2. The van der Waals surface area contributed by atoms with Crippen LogP contribution in [0.1, 0.15) is 12.8 Å². The number of fused-ring (bicyclic) bond motifs is 2. The van der Waals surface area contributed by atoms with Crippen LogP contribution in [-0.2, 0) is 9.47 Å². The van der Waals surface area contributed by atoms with E-state index < -0.39 is 15.5 Å². The number of methoxy groups -OCH3 is 2. The summed E-state index contributed by atoms with van der Waals surface area (Å²) in [7, 11) is 2.95. The molecule has 3 atom stereocenters. The van der Waals surface area contributed by atoms with Crippen LogP contribution >= 0.6 is 58.0 Å². The van der Waals surface area contributed by atoms with Crippen molar-refractivity contribution in [1.82, 2.24) is 0 Å². The highest BCUT2D eigenvalue weighted by Crippen LogP contribution is 2.72. The minimum Gasteiger partial charge on any atom is -0.350 e. The molecule has 0 N–H and O–H groups in total. The molecule has 0 saturated heterocycles. The third-order valence-corrected chi connectivity index (χ3v) is 6.83. The van der Waals surface area contributed by atoms with Gasteiger partial charge in [0.1, 0.15) is 9.75 Å². The zero-order valence-electron chi connectivity index (χ0n) is 10.9. The van der Waals surface area contributed by atoms with Crippen molar-refractivity contribution in [3.05, 3.63) is 10.1 Å². The standard InChI is InChI=1S/C13H13Cl5O2/c1-19-13(20-2)11(17)7-8(5-3-4-6-14)12(13,18)10(16)9(11)15/h8H,5-7H2,1-2H3/t8-,11+,12-/m1/s1. The normalized spacial score (nSPS) is 38.0. The number of hydrogen-bond donors (Lipinski definition) is 0. The number of ether oxygens (including phenoxy) is 2. The average molecular weight is 379 g/mol. The van der Waals surface area contributed by atoms with Gasteiger partial charge in [-0.2, -0.15) is 0 Å². The first-order valence-electron chi connectivity index (χ1n) is 5.91. The quantitative estimate of drug-likeness (QED) is 0.414. The topological polar surface area (TPSA) is 18.5 Å². The minimum atomic E-state index is -1.31. The van der Waals surface area contributed by atoms with Crippen LogP contribution in [0.3, 0.4) is 0 Å². The highest BCUT2D eigenvalue weighted by molar-refractivity contribution is 6.51. The lowest BCUT2D eigenvalue weighted by atomic mass is 9.88. The van der Waals surface area contributed by atoms with Crippen LogP contribution in [0.2, 0.25) is 0 Å². The smallest absolute Gasteiger partial charge is 0.217 e. The van der Waals surface area contributed by atoms with Crippen LogP contribution in [0.25, 0.3) is 0 Å². The minimum absolute atomic E-state index is 0.146. The lowest BCUT2D eigenvalue weighted by Crippen LogP contribution is -2.56. The fraction of sp³-hybridized carbons (Fsp3) is 0.692. The molecule has 0 aliphatic heterocycles. The first-order chi connectivity index (χ1) is 9.35. The van der Waals surface area contributed by atoms with Gasteiger partial charge in [0.25, 0.3) is 0 Å². The summed E-state index contributed by atoms with van der Waals surface area (Å²) in [5.41, 5.74) is 0. The fourth-order valence-corrected chi connectivity index (χ4v) is 5.40. The maximum atomic E-state index is 6.79. The third kappa shape index (κ3) is 1.82. The number of halogens is 5. The summed E-state index contributed by atoms with van der Waals surface area (Å²) >= 11 is 31.6. The zero-order chi connectivity index (χ0) is 15.2. The molecule has 1 saturated carbocycles. The van der Waals surface area contributed by atoms with Crippen molar-refractivity contribution in [3.63, 3.8) is 0 Å². The molecule has 20 heavy (non-hydrogen) atoms. The van der Waals surface area contributed by atoms with E-state index in [9.17, 15) is 0 Å². The van der Waals surface area contributed by atoms with Crippen LogP contribution in [0.15, 0.2) is 10.1 Å². The molecule has 7 heteroatoms. The molecule has 2 aliphatic rings. The molecule has 0 aromatic rings. The molecule has 0 spiro atoms. The second-order valence-corrected chi connectivity index (χ2v) is 7.02. The van der Waals surface area contributed by atoms with Crippen LogP contribution in [0.5, 0.6) is 0 Å². The molecule has 0 radical (unpaired) electrons. The van der Waals surface area contributed by atoms with Crippen molar-refractivity contribution >= 4 is 58.0 Å². The molecule has 0 amide bonds. The second kappa shape index (κ2) is 5.70. The molecule has 0 unspecified atom stereocenters. The Bertz CT molecular complexity index is 505. The molecule has 0 aromatic heterocycles. The van der Waals surface area contributed by atoms with Gasteiger partial charge in [-0.3, -0.25) is 0 Å². The van der Waals surface area contributed by atoms with Crippen molar-refractivity contribution in [2.24, 2.45) is 5.92 Å². The van der Waals surface area contributed by atoms with E-state index in [0.717, 1.165) is 0 Å². The van der Waals surface area contributed by atoms with Crippen molar-refractivity contribution < 1.29 is 9.47 Å². The van der Waals surface area contributed by atoms with Crippen LogP contribution in [0.4, 0.5) is 0 Å². The van der Waals surface area contributed by atoms with Gasteiger partial charge in [-0.05, 0) is 6.42 Å². The fourth-order valence-electron chi connectivity index (χ4n) is 3.22. The van der Waals surface area contributed by atoms with E-state index in [-0.39, 0.29) is 21.9 Å². The molecule has 0 aromatic carbocycles. The Morgan fingerprint density at radius 2 is 1.75 bits per heavy atom. The summed E-state index contributed by atoms with van der Waals surface area (Å²) in [4.78, 5) is -2.26. The Morgan fingerprint density at radius 3 is 2.20 bits per heavy atom. The van der Waals surface area contributed by atoms with Crippen LogP contribution < -0.4 is 0 Å². The Kier molecular flexibility index (Phi) is 4.86. The first-order valence-corrected chi connectivity index (χ1v) is 7.96. The van der Waals surface area contributed by atoms with Crippen molar-refractivity contribution in [2.45, 2.75) is 28.4 Å². The van der Waals surface area contributed by atoms with Gasteiger partial charge < -0.3 is 9.47 Å². The molecule has 2 rings (SSSR count). The molecule has 2 nitrogen and oxygen atoms in total. The number of alkyl halides is 3. The molecule has 1 fully saturated rings. The second-order valence-electron chi connectivity index (χ2n) is 4.76. The summed E-state index contributed by atoms with van der Waals surface area (Å²) in [6.45, 7) is 0. The van der Waals surface area contributed by atoms with Crippen molar-refractivity contribution in [3.8, 4) is 11.8 Å². The SMILES string of the molecule is COC1(OC)[C@]2(Cl)C[C@@H](CC#CCCl)[C@@]1(Cl)C(Cl)=C2Cl. The van der Waals surface area contributed by atoms with E-state index in [1.807, 2.05) is 0 Å². The van der Waals surface area contributed by atoms with Gasteiger partial charge in [-0.1, -0.05) is 29.1 Å². The first kappa shape index (κ1) is 17.0. The maximum Gasteiger partial charge on any atom is 0.217 e. The zero-order valence-corrected chi connectivity index (χ0v) is 14.7. The Labute approximate surface area is 143 Å². The van der Waals surface area contributed by atoms with Crippen molar-refractivity contribution in [1.29, 1.82) is 0 Å². The molecule has 112 valence electrons. The van der Waals surface area contributed by atoms with Gasteiger partial charge in [0.2, 0.25) is 5.79 Å². The Morgan fingerprint density at radius 1 is 1.15 bits per heavy atom. The van der Waals surface area contributed by atoms with Gasteiger partial charge in [0.05, 0.1) is 15.9 Å². The van der Waals surface area contributed by atoms with Gasteiger partial charge >= 0.3 is 0 Å².